The molecule has 2 amide bonds. The van der Waals surface area contributed by atoms with Crippen molar-refractivity contribution >= 4 is 33.4 Å². The fourth-order valence-electron chi connectivity index (χ4n) is 3.24. The van der Waals surface area contributed by atoms with E-state index in [1.807, 2.05) is 18.7 Å². The van der Waals surface area contributed by atoms with Crippen LogP contribution in [0.2, 0.25) is 0 Å². The van der Waals surface area contributed by atoms with Crippen LogP contribution in [0.3, 0.4) is 0 Å². The molecule has 1 aromatic carbocycles. The summed E-state index contributed by atoms with van der Waals surface area (Å²) in [5.74, 6) is -0.145. The molecule has 27 heavy (non-hydrogen) atoms. The van der Waals surface area contributed by atoms with Crippen molar-refractivity contribution in [3.05, 3.63) is 23.8 Å². The third kappa shape index (κ3) is 4.29. The molecule has 2 aliphatic rings. The lowest BCUT2D eigenvalue weighted by Gasteiger charge is -2.29. The molecule has 3 rings (SSSR count). The summed E-state index contributed by atoms with van der Waals surface area (Å²) in [4.78, 5) is 25.9. The quantitative estimate of drug-likeness (QED) is 0.765. The van der Waals surface area contributed by atoms with Gasteiger partial charge < -0.3 is 4.90 Å². The zero-order chi connectivity index (χ0) is 19.6. The Morgan fingerprint density at radius 1 is 1.19 bits per heavy atom. The van der Waals surface area contributed by atoms with Gasteiger partial charge in [0.1, 0.15) is 10.7 Å². The first-order valence-corrected chi connectivity index (χ1v) is 10.6. The van der Waals surface area contributed by atoms with Gasteiger partial charge in [-0.1, -0.05) is 20.3 Å². The molecule has 0 unspecified atom stereocenters. The number of hydrazine groups is 1. The highest BCUT2D eigenvalue weighted by Crippen LogP contribution is 2.34. The number of sulfonamides is 1. The van der Waals surface area contributed by atoms with Gasteiger partial charge in [-0.15, -0.1) is 4.40 Å². The van der Waals surface area contributed by atoms with Crippen LogP contribution in [0.25, 0.3) is 0 Å². The third-order valence-electron chi connectivity index (χ3n) is 4.52. The van der Waals surface area contributed by atoms with Crippen LogP contribution in [0.4, 0.5) is 5.69 Å². The first kappa shape index (κ1) is 19.3. The zero-order valence-electron chi connectivity index (χ0n) is 15.5. The predicted molar refractivity (Wildman–Crippen MR) is 102 cm³/mol. The Morgan fingerprint density at radius 3 is 2.70 bits per heavy atom. The molecule has 0 bridgehead atoms. The van der Waals surface area contributed by atoms with Gasteiger partial charge in [0.25, 0.3) is 15.9 Å². The second-order valence-electron chi connectivity index (χ2n) is 7.23. The van der Waals surface area contributed by atoms with Crippen molar-refractivity contribution in [2.75, 3.05) is 11.4 Å². The van der Waals surface area contributed by atoms with E-state index in [9.17, 15) is 18.0 Å². The number of fused-ring (bicyclic) bond motifs is 3. The molecule has 1 aromatic rings. The van der Waals surface area contributed by atoms with Gasteiger partial charge in [0.05, 0.1) is 5.69 Å². The Bertz CT molecular complexity index is 893. The molecule has 0 atom stereocenters. The van der Waals surface area contributed by atoms with Crippen molar-refractivity contribution < 1.29 is 18.0 Å². The van der Waals surface area contributed by atoms with Gasteiger partial charge in [0.15, 0.2) is 0 Å². The number of nitrogens with one attached hydrogen (secondary N) is 2. The Labute approximate surface area is 159 Å². The predicted octanol–water partition coefficient (Wildman–Crippen LogP) is 1.97. The van der Waals surface area contributed by atoms with E-state index in [4.69, 9.17) is 0 Å². The van der Waals surface area contributed by atoms with Crippen molar-refractivity contribution in [1.29, 1.82) is 0 Å². The average molecular weight is 392 g/mol. The van der Waals surface area contributed by atoms with E-state index in [2.05, 4.69) is 15.2 Å². The van der Waals surface area contributed by atoms with Gasteiger partial charge in [-0.3, -0.25) is 20.4 Å². The van der Waals surface area contributed by atoms with Gasteiger partial charge in [-0.2, -0.15) is 8.42 Å². The van der Waals surface area contributed by atoms with E-state index in [1.165, 1.54) is 6.07 Å². The van der Waals surface area contributed by atoms with Crippen molar-refractivity contribution in [2.45, 2.75) is 50.8 Å². The number of hydrogen-bond acceptors (Lipinski definition) is 5. The smallest absolute Gasteiger partial charge is 0.286 e. The molecule has 0 spiro atoms. The van der Waals surface area contributed by atoms with E-state index in [0.29, 0.717) is 24.5 Å². The zero-order valence-corrected chi connectivity index (χ0v) is 16.3. The fraction of sp³-hybridized carbons (Fsp3) is 0.500. The molecule has 0 aromatic heterocycles. The van der Waals surface area contributed by atoms with Gasteiger partial charge in [-0.25, -0.2) is 0 Å². The molecule has 0 aliphatic carbocycles. The van der Waals surface area contributed by atoms with Crippen LogP contribution in [-0.4, -0.2) is 32.6 Å². The average Bonchev–Trinajstić information content (AvgIpc) is 2.83. The molecular formula is C18H24N4O4S. The van der Waals surface area contributed by atoms with Gasteiger partial charge in [0.2, 0.25) is 5.91 Å². The maximum Gasteiger partial charge on any atom is 0.286 e. The lowest BCUT2D eigenvalue weighted by molar-refractivity contribution is -0.122. The summed E-state index contributed by atoms with van der Waals surface area (Å²) in [7, 11) is -3.85. The Kier molecular flexibility index (Phi) is 5.50. The number of benzene rings is 1. The van der Waals surface area contributed by atoms with Crippen molar-refractivity contribution in [3.8, 4) is 0 Å². The highest BCUT2D eigenvalue weighted by Gasteiger charge is 2.32. The molecule has 1 fully saturated rings. The molecule has 2 N–H and O–H groups in total. The number of anilines is 1. The number of nitrogens with zero attached hydrogens (tertiary/aromatic N) is 2. The maximum atomic E-state index is 12.6. The van der Waals surface area contributed by atoms with Gasteiger partial charge >= 0.3 is 0 Å². The number of hydrogen-bond donors (Lipinski definition) is 2. The molecule has 2 heterocycles. The van der Waals surface area contributed by atoms with Crippen LogP contribution in [0.15, 0.2) is 27.5 Å². The van der Waals surface area contributed by atoms with Crippen LogP contribution in [0, 0.1) is 5.92 Å². The van der Waals surface area contributed by atoms with Crippen LogP contribution >= 0.6 is 0 Å². The van der Waals surface area contributed by atoms with Crippen molar-refractivity contribution in [1.82, 2.24) is 10.9 Å². The highest BCUT2D eigenvalue weighted by molar-refractivity contribution is 7.90. The third-order valence-corrected chi connectivity index (χ3v) is 5.85. The first-order valence-electron chi connectivity index (χ1n) is 9.12. The van der Waals surface area contributed by atoms with Crippen LogP contribution in [0.5, 0.6) is 0 Å². The summed E-state index contributed by atoms with van der Waals surface area (Å²) in [5.41, 5.74) is 5.37. The minimum atomic E-state index is -3.85. The summed E-state index contributed by atoms with van der Waals surface area (Å²) < 4.78 is 29.1. The highest BCUT2D eigenvalue weighted by atomic mass is 32.2. The normalized spacial score (nSPS) is 18.0. The molecule has 9 heteroatoms. The van der Waals surface area contributed by atoms with Gasteiger partial charge in [0, 0.05) is 24.9 Å². The van der Waals surface area contributed by atoms with E-state index in [-0.39, 0.29) is 28.7 Å². The minimum Gasteiger partial charge on any atom is -0.328 e. The minimum absolute atomic E-state index is 0.0225. The second kappa shape index (κ2) is 7.67. The number of amidine groups is 1. The Hall–Kier alpha value is -2.42. The molecule has 2 aliphatic heterocycles. The lowest BCUT2D eigenvalue weighted by atomic mass is 10.1. The molecule has 0 radical (unpaired) electrons. The van der Waals surface area contributed by atoms with Crippen LogP contribution in [-0.2, 0) is 14.8 Å². The molecule has 146 valence electrons. The van der Waals surface area contributed by atoms with E-state index >= 15 is 0 Å². The summed E-state index contributed by atoms with van der Waals surface area (Å²) in [6.45, 7) is 4.50. The summed E-state index contributed by atoms with van der Waals surface area (Å²) >= 11 is 0. The summed E-state index contributed by atoms with van der Waals surface area (Å²) in [5, 5.41) is 0. The van der Waals surface area contributed by atoms with Crippen molar-refractivity contribution in [2.24, 2.45) is 10.3 Å². The van der Waals surface area contributed by atoms with E-state index in [0.717, 1.165) is 19.3 Å². The first-order chi connectivity index (χ1) is 12.8. The largest absolute Gasteiger partial charge is 0.328 e. The lowest BCUT2D eigenvalue weighted by Crippen LogP contribution is -2.42. The Morgan fingerprint density at radius 2 is 1.96 bits per heavy atom. The standard InChI is InChI=1S/C18H24N4O4S/c1-12(2)10-17(23)19-20-18(24)13-7-8-14-15(11-13)27(25,26)21-16-6-4-3-5-9-22(14)16/h7-8,11-12H,3-6,9-10H2,1-2H3,(H,19,23)(H,20,24). The Balaban J connectivity index is 1.83. The number of amides is 2. The second-order valence-corrected chi connectivity index (χ2v) is 8.80. The molecule has 1 saturated heterocycles. The summed E-state index contributed by atoms with van der Waals surface area (Å²) in [6.07, 6.45) is 3.81. The van der Waals surface area contributed by atoms with Crippen molar-refractivity contribution in [3.63, 3.8) is 0 Å². The topological polar surface area (TPSA) is 108 Å². The fourth-order valence-corrected chi connectivity index (χ4v) is 4.53. The van der Waals surface area contributed by atoms with E-state index in [1.54, 1.807) is 12.1 Å². The SMILES string of the molecule is CC(C)CC(=O)NNC(=O)c1ccc2c(c1)S(=O)(=O)N=C1CCCCCN12. The number of rotatable bonds is 3. The molecule has 8 nitrogen and oxygen atoms in total. The summed E-state index contributed by atoms with van der Waals surface area (Å²) in [6, 6.07) is 4.52. The molecule has 0 saturated carbocycles. The van der Waals surface area contributed by atoms with Crippen LogP contribution < -0.4 is 15.8 Å². The van der Waals surface area contributed by atoms with Gasteiger partial charge in [-0.05, 0) is 37.0 Å². The number of carbonyl (C=O) groups is 2. The number of carbonyl (C=O) groups excluding carboxylic acids is 2. The molecular weight excluding hydrogens is 368 g/mol. The van der Waals surface area contributed by atoms with E-state index < -0.39 is 15.9 Å². The monoisotopic (exact) mass is 392 g/mol. The van der Waals surface area contributed by atoms with Crippen LogP contribution in [0.1, 0.15) is 56.3 Å². The maximum absolute atomic E-state index is 12.6.